The molecule has 0 fully saturated rings. The van der Waals surface area contributed by atoms with Crippen molar-refractivity contribution in [2.75, 3.05) is 11.9 Å². The predicted molar refractivity (Wildman–Crippen MR) is 95.0 cm³/mol. The highest BCUT2D eigenvalue weighted by molar-refractivity contribution is 6.30. The van der Waals surface area contributed by atoms with Crippen LogP contribution in [0.2, 0.25) is 5.02 Å². The van der Waals surface area contributed by atoms with Gasteiger partial charge in [0.25, 0.3) is 5.91 Å². The largest absolute Gasteiger partial charge is 0.308 e. The highest BCUT2D eigenvalue weighted by Crippen LogP contribution is 2.21. The fourth-order valence-corrected chi connectivity index (χ4v) is 2.65. The van der Waals surface area contributed by atoms with Crippen molar-refractivity contribution < 1.29 is 4.79 Å². The summed E-state index contributed by atoms with van der Waals surface area (Å²) in [6.07, 6.45) is 1.52. The first kappa shape index (κ1) is 16.2. The molecule has 0 atom stereocenters. The van der Waals surface area contributed by atoms with Crippen molar-refractivity contribution in [3.8, 4) is 5.69 Å². The standard InChI is InChI=1S/C18H17ClN4O/c1-12-4-9-16(13(2)10-12)22(3)18(24)17-20-11-23(21-17)15-7-5-14(19)6-8-15/h4-11H,1-3H3. The molecule has 24 heavy (non-hydrogen) atoms. The number of benzene rings is 2. The van der Waals surface area contributed by atoms with E-state index in [4.69, 9.17) is 11.6 Å². The first-order valence-electron chi connectivity index (χ1n) is 7.48. The number of aromatic nitrogens is 3. The molecule has 6 heteroatoms. The van der Waals surface area contributed by atoms with Gasteiger partial charge in [0.15, 0.2) is 0 Å². The topological polar surface area (TPSA) is 51.0 Å². The maximum absolute atomic E-state index is 12.6. The quantitative estimate of drug-likeness (QED) is 0.728. The maximum atomic E-state index is 12.6. The van der Waals surface area contributed by atoms with E-state index in [-0.39, 0.29) is 11.7 Å². The number of hydrogen-bond acceptors (Lipinski definition) is 3. The molecule has 0 aliphatic rings. The van der Waals surface area contributed by atoms with Gasteiger partial charge in [0, 0.05) is 17.8 Å². The van der Waals surface area contributed by atoms with Crippen LogP contribution in [0.1, 0.15) is 21.7 Å². The summed E-state index contributed by atoms with van der Waals surface area (Å²) in [5.74, 6) is -0.109. The molecule has 0 unspecified atom stereocenters. The van der Waals surface area contributed by atoms with Crippen LogP contribution in [-0.2, 0) is 0 Å². The summed E-state index contributed by atoms with van der Waals surface area (Å²) in [5, 5.41) is 4.92. The number of anilines is 1. The summed E-state index contributed by atoms with van der Waals surface area (Å²) in [5.41, 5.74) is 3.82. The molecule has 3 aromatic rings. The van der Waals surface area contributed by atoms with Crippen LogP contribution in [0.15, 0.2) is 48.8 Å². The van der Waals surface area contributed by atoms with E-state index < -0.39 is 0 Å². The Labute approximate surface area is 145 Å². The van der Waals surface area contributed by atoms with Gasteiger partial charge in [0.05, 0.1) is 5.69 Å². The Bertz CT molecular complexity index is 886. The maximum Gasteiger partial charge on any atom is 0.297 e. The van der Waals surface area contributed by atoms with Gasteiger partial charge in [0.2, 0.25) is 5.82 Å². The van der Waals surface area contributed by atoms with E-state index in [9.17, 15) is 4.79 Å². The number of nitrogens with zero attached hydrogens (tertiary/aromatic N) is 4. The first-order chi connectivity index (χ1) is 11.5. The molecule has 3 rings (SSSR count). The molecule has 0 N–H and O–H groups in total. The van der Waals surface area contributed by atoms with Crippen molar-refractivity contribution in [2.45, 2.75) is 13.8 Å². The zero-order chi connectivity index (χ0) is 17.3. The zero-order valence-corrected chi connectivity index (χ0v) is 14.4. The Morgan fingerprint density at radius 1 is 1.12 bits per heavy atom. The molecular formula is C18H17ClN4O. The van der Waals surface area contributed by atoms with Crippen LogP contribution in [0.5, 0.6) is 0 Å². The van der Waals surface area contributed by atoms with Crippen LogP contribution < -0.4 is 4.90 Å². The van der Waals surface area contributed by atoms with Gasteiger partial charge in [-0.1, -0.05) is 29.3 Å². The van der Waals surface area contributed by atoms with Gasteiger partial charge in [-0.3, -0.25) is 4.79 Å². The fourth-order valence-electron chi connectivity index (χ4n) is 2.52. The summed E-state index contributed by atoms with van der Waals surface area (Å²) in [6.45, 7) is 4.00. The molecule has 0 saturated carbocycles. The summed E-state index contributed by atoms with van der Waals surface area (Å²) in [7, 11) is 1.73. The highest BCUT2D eigenvalue weighted by atomic mass is 35.5. The Kier molecular flexibility index (Phi) is 4.36. The van der Waals surface area contributed by atoms with Crippen molar-refractivity contribution in [1.82, 2.24) is 14.8 Å². The minimum atomic E-state index is -0.255. The summed E-state index contributed by atoms with van der Waals surface area (Å²) in [4.78, 5) is 18.3. The van der Waals surface area contributed by atoms with Crippen LogP contribution in [0.25, 0.3) is 5.69 Å². The van der Waals surface area contributed by atoms with Gasteiger partial charge in [-0.25, -0.2) is 9.67 Å². The fraction of sp³-hybridized carbons (Fsp3) is 0.167. The molecule has 1 aromatic heterocycles. The lowest BCUT2D eigenvalue weighted by Crippen LogP contribution is -2.28. The Morgan fingerprint density at radius 3 is 2.50 bits per heavy atom. The molecule has 0 spiro atoms. The van der Waals surface area contributed by atoms with Crippen LogP contribution in [0.4, 0.5) is 5.69 Å². The molecule has 1 heterocycles. The molecule has 0 aliphatic heterocycles. The lowest BCUT2D eigenvalue weighted by Gasteiger charge is -2.18. The van der Waals surface area contributed by atoms with E-state index in [0.29, 0.717) is 5.02 Å². The number of rotatable bonds is 3. The zero-order valence-electron chi connectivity index (χ0n) is 13.7. The third-order valence-electron chi connectivity index (χ3n) is 3.79. The van der Waals surface area contributed by atoms with Crippen molar-refractivity contribution >= 4 is 23.2 Å². The monoisotopic (exact) mass is 340 g/mol. The highest BCUT2D eigenvalue weighted by Gasteiger charge is 2.19. The van der Waals surface area contributed by atoms with Crippen LogP contribution in [0.3, 0.4) is 0 Å². The van der Waals surface area contributed by atoms with Crippen LogP contribution in [-0.4, -0.2) is 27.7 Å². The molecule has 2 aromatic carbocycles. The van der Waals surface area contributed by atoms with Gasteiger partial charge in [-0.15, -0.1) is 5.10 Å². The second-order valence-corrected chi connectivity index (χ2v) is 6.08. The second kappa shape index (κ2) is 6.45. The van der Waals surface area contributed by atoms with Gasteiger partial charge < -0.3 is 4.90 Å². The van der Waals surface area contributed by atoms with Crippen LogP contribution >= 0.6 is 11.6 Å². The lowest BCUT2D eigenvalue weighted by atomic mass is 10.1. The minimum absolute atomic E-state index is 0.146. The average Bonchev–Trinajstić information content (AvgIpc) is 3.04. The molecular weight excluding hydrogens is 324 g/mol. The van der Waals surface area contributed by atoms with Crippen molar-refractivity contribution in [2.24, 2.45) is 0 Å². The Morgan fingerprint density at radius 2 is 1.83 bits per heavy atom. The summed E-state index contributed by atoms with van der Waals surface area (Å²) >= 11 is 5.88. The summed E-state index contributed by atoms with van der Waals surface area (Å²) < 4.78 is 1.55. The Hall–Kier alpha value is -2.66. The molecule has 0 bridgehead atoms. The molecule has 0 aliphatic carbocycles. The number of aryl methyl sites for hydroxylation is 2. The molecule has 1 amide bonds. The van der Waals surface area contributed by atoms with E-state index in [1.54, 1.807) is 28.8 Å². The van der Waals surface area contributed by atoms with Gasteiger partial charge >= 0.3 is 0 Å². The first-order valence-corrected chi connectivity index (χ1v) is 7.86. The van der Waals surface area contributed by atoms with E-state index >= 15 is 0 Å². The van der Waals surface area contributed by atoms with Gasteiger partial charge in [-0.05, 0) is 49.7 Å². The van der Waals surface area contributed by atoms with E-state index in [1.165, 1.54) is 6.33 Å². The summed E-state index contributed by atoms with van der Waals surface area (Å²) in [6, 6.07) is 13.1. The van der Waals surface area contributed by atoms with Crippen molar-refractivity contribution in [1.29, 1.82) is 0 Å². The average molecular weight is 341 g/mol. The normalized spacial score (nSPS) is 10.7. The van der Waals surface area contributed by atoms with E-state index in [1.807, 2.05) is 44.2 Å². The number of carbonyl (C=O) groups is 1. The number of carbonyl (C=O) groups excluding carboxylic acids is 1. The van der Waals surface area contributed by atoms with E-state index in [0.717, 1.165) is 22.5 Å². The number of amides is 1. The molecule has 0 saturated heterocycles. The van der Waals surface area contributed by atoms with Crippen molar-refractivity contribution in [3.05, 3.63) is 70.8 Å². The van der Waals surface area contributed by atoms with Gasteiger partial charge in [-0.2, -0.15) is 0 Å². The SMILES string of the molecule is Cc1ccc(N(C)C(=O)c2ncn(-c3ccc(Cl)cc3)n2)c(C)c1. The third-order valence-corrected chi connectivity index (χ3v) is 4.04. The van der Waals surface area contributed by atoms with E-state index in [2.05, 4.69) is 10.1 Å². The third kappa shape index (κ3) is 3.16. The predicted octanol–water partition coefficient (Wildman–Crippen LogP) is 3.81. The van der Waals surface area contributed by atoms with Crippen LogP contribution in [0, 0.1) is 13.8 Å². The lowest BCUT2D eigenvalue weighted by molar-refractivity contribution is 0.0983. The number of halogens is 1. The van der Waals surface area contributed by atoms with Gasteiger partial charge in [0.1, 0.15) is 6.33 Å². The second-order valence-electron chi connectivity index (χ2n) is 5.64. The molecule has 5 nitrogen and oxygen atoms in total. The number of hydrogen-bond donors (Lipinski definition) is 0. The molecule has 122 valence electrons. The Balaban J connectivity index is 1.86. The molecule has 0 radical (unpaired) electrons. The van der Waals surface area contributed by atoms with Crippen molar-refractivity contribution in [3.63, 3.8) is 0 Å². The minimum Gasteiger partial charge on any atom is -0.308 e. The smallest absolute Gasteiger partial charge is 0.297 e.